The second kappa shape index (κ2) is 10.6. The fraction of sp³-hybridized carbons (Fsp3) is 0.391. The first kappa shape index (κ1) is 25.2. The molecule has 1 aliphatic heterocycles. The maximum atomic E-state index is 12.9. The van der Waals surface area contributed by atoms with Crippen LogP contribution >= 0.6 is 11.6 Å². The summed E-state index contributed by atoms with van der Waals surface area (Å²) in [5.41, 5.74) is 2.86. The number of benzene rings is 2. The topological polar surface area (TPSA) is 90.0 Å². The molecule has 0 unspecified atom stereocenters. The van der Waals surface area contributed by atoms with E-state index in [2.05, 4.69) is 5.32 Å². The molecule has 0 bridgehead atoms. The van der Waals surface area contributed by atoms with Gasteiger partial charge in [-0.2, -0.15) is 4.31 Å². The van der Waals surface area contributed by atoms with Crippen LogP contribution in [0, 0.1) is 13.8 Å². The van der Waals surface area contributed by atoms with E-state index in [1.165, 1.54) is 10.4 Å². The lowest BCUT2D eigenvalue weighted by atomic mass is 10.1. The van der Waals surface area contributed by atoms with Gasteiger partial charge in [-0.1, -0.05) is 35.9 Å². The minimum Gasteiger partial charge on any atom is -0.339 e. The van der Waals surface area contributed by atoms with Crippen LogP contribution in [-0.2, 0) is 19.6 Å². The minimum atomic E-state index is -3.72. The average Bonchev–Trinajstić information content (AvgIpc) is 2.77. The normalized spacial score (nSPS) is 15.0. The number of piperazine rings is 1. The third kappa shape index (κ3) is 6.11. The summed E-state index contributed by atoms with van der Waals surface area (Å²) in [5.74, 6) is -0.346. The van der Waals surface area contributed by atoms with Gasteiger partial charge in [0.05, 0.1) is 18.1 Å². The highest BCUT2D eigenvalue weighted by molar-refractivity contribution is 7.89. The molecule has 1 fully saturated rings. The van der Waals surface area contributed by atoms with Crippen molar-refractivity contribution in [1.29, 1.82) is 0 Å². The molecule has 33 heavy (non-hydrogen) atoms. The van der Waals surface area contributed by atoms with Gasteiger partial charge in [-0.25, -0.2) is 8.42 Å². The smallest absolute Gasteiger partial charge is 0.244 e. The Bertz CT molecular complexity index is 1130. The van der Waals surface area contributed by atoms with E-state index in [0.29, 0.717) is 0 Å². The number of carbonyl (C=O) groups is 2. The number of nitrogens with zero attached hydrogens (tertiary/aromatic N) is 3. The van der Waals surface area contributed by atoms with Crippen LogP contribution in [0.25, 0.3) is 0 Å². The molecule has 0 aliphatic carbocycles. The van der Waals surface area contributed by atoms with Gasteiger partial charge in [-0.05, 0) is 50.2 Å². The van der Waals surface area contributed by atoms with Gasteiger partial charge in [0.2, 0.25) is 21.8 Å². The highest BCUT2D eigenvalue weighted by atomic mass is 35.5. The van der Waals surface area contributed by atoms with Crippen LogP contribution in [0.15, 0.2) is 47.4 Å². The van der Waals surface area contributed by atoms with Crippen molar-refractivity contribution in [3.8, 4) is 0 Å². The monoisotopic (exact) mass is 492 g/mol. The standard InChI is InChI=1S/C23H29ClN4O4S/c1-17-7-6-9-20(18(17)2)25-22(29)15-26(3)16-23(30)27-11-13-28(14-12-27)33(31,32)21-10-5-4-8-19(21)24/h4-10H,11-16H2,1-3H3,(H,25,29). The average molecular weight is 493 g/mol. The molecule has 0 aromatic heterocycles. The molecule has 178 valence electrons. The van der Waals surface area contributed by atoms with E-state index in [1.54, 1.807) is 35.0 Å². The lowest BCUT2D eigenvalue weighted by Crippen LogP contribution is -2.52. The van der Waals surface area contributed by atoms with Crippen LogP contribution in [0.4, 0.5) is 5.69 Å². The van der Waals surface area contributed by atoms with Gasteiger partial charge in [0.1, 0.15) is 4.90 Å². The van der Waals surface area contributed by atoms with E-state index in [0.717, 1.165) is 16.8 Å². The fourth-order valence-corrected chi connectivity index (χ4v) is 5.59. The maximum Gasteiger partial charge on any atom is 0.244 e. The number of likely N-dealkylation sites (N-methyl/N-ethyl adjacent to an activating group) is 1. The van der Waals surface area contributed by atoms with Gasteiger partial charge >= 0.3 is 0 Å². The highest BCUT2D eigenvalue weighted by Gasteiger charge is 2.31. The molecule has 1 saturated heterocycles. The van der Waals surface area contributed by atoms with Crippen LogP contribution < -0.4 is 5.32 Å². The first-order chi connectivity index (χ1) is 15.6. The number of nitrogens with one attached hydrogen (secondary N) is 1. The predicted octanol–water partition coefficient (Wildman–Crippen LogP) is 2.36. The Morgan fingerprint density at radius 3 is 2.33 bits per heavy atom. The lowest BCUT2D eigenvalue weighted by molar-refractivity contribution is -0.133. The number of anilines is 1. The Labute approximate surface area is 200 Å². The minimum absolute atomic E-state index is 0.0669. The molecule has 3 rings (SSSR count). The van der Waals surface area contributed by atoms with Crippen LogP contribution in [-0.4, -0.2) is 80.7 Å². The van der Waals surface area contributed by atoms with E-state index >= 15 is 0 Å². The van der Waals surface area contributed by atoms with Crippen molar-refractivity contribution in [2.45, 2.75) is 18.7 Å². The Morgan fingerprint density at radius 2 is 1.67 bits per heavy atom. The number of amides is 2. The highest BCUT2D eigenvalue weighted by Crippen LogP contribution is 2.25. The van der Waals surface area contributed by atoms with Crippen molar-refractivity contribution in [2.24, 2.45) is 0 Å². The summed E-state index contributed by atoms with van der Waals surface area (Å²) in [4.78, 5) is 28.4. The Kier molecular flexibility index (Phi) is 8.12. The van der Waals surface area contributed by atoms with Crippen molar-refractivity contribution < 1.29 is 18.0 Å². The first-order valence-corrected chi connectivity index (χ1v) is 12.5. The molecule has 1 heterocycles. The second-order valence-electron chi connectivity index (χ2n) is 8.18. The zero-order chi connectivity index (χ0) is 24.2. The van der Waals surface area contributed by atoms with Gasteiger partial charge in [0, 0.05) is 31.9 Å². The quantitative estimate of drug-likeness (QED) is 0.640. The number of sulfonamides is 1. The van der Waals surface area contributed by atoms with Crippen LogP contribution in [0.2, 0.25) is 5.02 Å². The van der Waals surface area contributed by atoms with Crippen molar-refractivity contribution in [1.82, 2.24) is 14.1 Å². The van der Waals surface area contributed by atoms with E-state index in [1.807, 2.05) is 32.0 Å². The predicted molar refractivity (Wildman–Crippen MR) is 129 cm³/mol. The SMILES string of the molecule is Cc1cccc(NC(=O)CN(C)CC(=O)N2CCN(S(=O)(=O)c3ccccc3Cl)CC2)c1C. The van der Waals surface area contributed by atoms with E-state index in [-0.39, 0.29) is 61.0 Å². The molecule has 2 aromatic carbocycles. The summed E-state index contributed by atoms with van der Waals surface area (Å²) < 4.78 is 27.1. The molecule has 0 radical (unpaired) electrons. The zero-order valence-corrected chi connectivity index (χ0v) is 20.6. The number of halogens is 1. The molecule has 2 aromatic rings. The summed E-state index contributed by atoms with van der Waals surface area (Å²) in [5, 5.41) is 3.07. The molecule has 1 aliphatic rings. The Morgan fingerprint density at radius 1 is 1.00 bits per heavy atom. The maximum absolute atomic E-state index is 12.9. The number of hydrogen-bond donors (Lipinski definition) is 1. The summed E-state index contributed by atoms with van der Waals surface area (Å²) in [6.45, 7) is 5.01. The van der Waals surface area contributed by atoms with Crippen LogP contribution in [0.1, 0.15) is 11.1 Å². The fourth-order valence-electron chi connectivity index (χ4n) is 3.68. The molecule has 10 heteroatoms. The lowest BCUT2D eigenvalue weighted by Gasteiger charge is -2.34. The van der Waals surface area contributed by atoms with Crippen molar-refractivity contribution >= 4 is 39.1 Å². The van der Waals surface area contributed by atoms with E-state index in [9.17, 15) is 18.0 Å². The summed E-state index contributed by atoms with van der Waals surface area (Å²) in [7, 11) is -2.01. The molecule has 8 nitrogen and oxygen atoms in total. The van der Waals surface area contributed by atoms with Gasteiger partial charge in [-0.3, -0.25) is 14.5 Å². The number of carbonyl (C=O) groups excluding carboxylic acids is 2. The molecular formula is C23H29ClN4O4S. The van der Waals surface area contributed by atoms with Gasteiger partial charge in [-0.15, -0.1) is 0 Å². The van der Waals surface area contributed by atoms with Crippen molar-refractivity contribution in [3.63, 3.8) is 0 Å². The van der Waals surface area contributed by atoms with Gasteiger partial charge < -0.3 is 10.2 Å². The van der Waals surface area contributed by atoms with Gasteiger partial charge in [0.25, 0.3) is 0 Å². The first-order valence-electron chi connectivity index (χ1n) is 10.7. The van der Waals surface area contributed by atoms with E-state index in [4.69, 9.17) is 11.6 Å². The third-order valence-electron chi connectivity index (χ3n) is 5.74. The summed E-state index contributed by atoms with van der Waals surface area (Å²) >= 11 is 6.06. The second-order valence-corrected chi connectivity index (χ2v) is 10.5. The summed E-state index contributed by atoms with van der Waals surface area (Å²) in [6.07, 6.45) is 0. The molecule has 0 saturated carbocycles. The molecule has 2 amide bonds. The number of rotatable bonds is 7. The molecule has 0 spiro atoms. The molecule has 1 N–H and O–H groups in total. The third-order valence-corrected chi connectivity index (χ3v) is 8.14. The largest absolute Gasteiger partial charge is 0.339 e. The summed E-state index contributed by atoms with van der Waals surface area (Å²) in [6, 6.07) is 12.0. The zero-order valence-electron chi connectivity index (χ0n) is 19.0. The van der Waals surface area contributed by atoms with Crippen LogP contribution in [0.5, 0.6) is 0 Å². The van der Waals surface area contributed by atoms with Crippen molar-refractivity contribution in [3.05, 3.63) is 58.6 Å². The molecular weight excluding hydrogens is 464 g/mol. The van der Waals surface area contributed by atoms with Gasteiger partial charge in [0.15, 0.2) is 0 Å². The molecule has 0 atom stereocenters. The Balaban J connectivity index is 1.50. The van der Waals surface area contributed by atoms with Crippen LogP contribution in [0.3, 0.4) is 0 Å². The van der Waals surface area contributed by atoms with E-state index < -0.39 is 10.0 Å². The van der Waals surface area contributed by atoms with Crippen molar-refractivity contribution in [2.75, 3.05) is 51.6 Å². The number of hydrogen-bond acceptors (Lipinski definition) is 5. The number of aryl methyl sites for hydroxylation is 1. The Hall–Kier alpha value is -2.46.